The molecular weight excluding hydrogens is 242 g/mol. The van der Waals surface area contributed by atoms with Crippen molar-refractivity contribution in [2.24, 2.45) is 0 Å². The SMILES string of the molecule is CCNC(Cc1cccs1)Cc1cccnc1N. The van der Waals surface area contributed by atoms with Gasteiger partial charge in [-0.15, -0.1) is 11.3 Å². The van der Waals surface area contributed by atoms with Gasteiger partial charge in [-0.05, 0) is 42.5 Å². The van der Waals surface area contributed by atoms with Gasteiger partial charge in [-0.2, -0.15) is 0 Å². The number of nitrogens with zero attached hydrogens (tertiary/aromatic N) is 1. The highest BCUT2D eigenvalue weighted by Crippen LogP contribution is 2.16. The molecule has 1 atom stereocenters. The third kappa shape index (κ3) is 3.55. The highest BCUT2D eigenvalue weighted by molar-refractivity contribution is 7.09. The van der Waals surface area contributed by atoms with Crippen molar-refractivity contribution >= 4 is 17.2 Å². The maximum Gasteiger partial charge on any atom is 0.126 e. The van der Waals surface area contributed by atoms with E-state index in [2.05, 4.69) is 40.8 Å². The minimum absolute atomic E-state index is 0.417. The molecule has 0 saturated heterocycles. The fourth-order valence-corrected chi connectivity index (χ4v) is 2.85. The lowest BCUT2D eigenvalue weighted by atomic mass is 10.0. The van der Waals surface area contributed by atoms with E-state index in [1.54, 1.807) is 17.5 Å². The van der Waals surface area contributed by atoms with E-state index in [0.717, 1.165) is 24.9 Å². The highest BCUT2D eigenvalue weighted by atomic mass is 32.1. The van der Waals surface area contributed by atoms with Crippen molar-refractivity contribution < 1.29 is 0 Å². The Labute approximate surface area is 112 Å². The molecule has 2 heterocycles. The van der Waals surface area contributed by atoms with Gasteiger partial charge in [-0.3, -0.25) is 0 Å². The number of nitrogens with one attached hydrogen (secondary N) is 1. The number of pyridine rings is 1. The van der Waals surface area contributed by atoms with Crippen LogP contribution >= 0.6 is 11.3 Å². The van der Waals surface area contributed by atoms with E-state index in [-0.39, 0.29) is 0 Å². The second kappa shape index (κ2) is 6.52. The maximum absolute atomic E-state index is 5.90. The zero-order valence-corrected chi connectivity index (χ0v) is 11.4. The lowest BCUT2D eigenvalue weighted by Crippen LogP contribution is -2.33. The van der Waals surface area contributed by atoms with Crippen LogP contribution in [0.2, 0.25) is 0 Å². The number of anilines is 1. The van der Waals surface area contributed by atoms with E-state index in [4.69, 9.17) is 5.73 Å². The second-order valence-electron chi connectivity index (χ2n) is 4.29. The number of aromatic nitrogens is 1. The standard InChI is InChI=1S/C14H19N3S/c1-2-16-12(10-13-6-4-8-18-13)9-11-5-3-7-17-14(11)15/h3-8,12,16H,2,9-10H2,1H3,(H2,15,17). The minimum atomic E-state index is 0.417. The van der Waals surface area contributed by atoms with Crippen molar-refractivity contribution in [3.63, 3.8) is 0 Å². The molecule has 0 aliphatic carbocycles. The Morgan fingerprint density at radius 1 is 1.33 bits per heavy atom. The van der Waals surface area contributed by atoms with E-state index in [1.807, 2.05) is 6.07 Å². The summed E-state index contributed by atoms with van der Waals surface area (Å²) in [5, 5.41) is 5.64. The molecule has 0 amide bonds. The molecule has 4 heteroatoms. The van der Waals surface area contributed by atoms with Crippen LogP contribution in [0, 0.1) is 0 Å². The van der Waals surface area contributed by atoms with Crippen molar-refractivity contribution in [3.8, 4) is 0 Å². The Morgan fingerprint density at radius 3 is 2.89 bits per heavy atom. The Hall–Kier alpha value is -1.39. The lowest BCUT2D eigenvalue weighted by molar-refractivity contribution is 0.524. The van der Waals surface area contributed by atoms with Gasteiger partial charge in [0, 0.05) is 17.1 Å². The van der Waals surface area contributed by atoms with Crippen LogP contribution in [0.3, 0.4) is 0 Å². The normalized spacial score (nSPS) is 12.5. The zero-order chi connectivity index (χ0) is 12.8. The largest absolute Gasteiger partial charge is 0.383 e. The van der Waals surface area contributed by atoms with Gasteiger partial charge in [0.15, 0.2) is 0 Å². The van der Waals surface area contributed by atoms with Crippen LogP contribution in [0.25, 0.3) is 0 Å². The first-order valence-corrected chi connectivity index (χ1v) is 7.12. The van der Waals surface area contributed by atoms with Crippen molar-refractivity contribution in [2.75, 3.05) is 12.3 Å². The number of rotatable bonds is 6. The van der Waals surface area contributed by atoms with Gasteiger partial charge >= 0.3 is 0 Å². The number of hydrogen-bond donors (Lipinski definition) is 2. The lowest BCUT2D eigenvalue weighted by Gasteiger charge is -2.17. The first kappa shape index (κ1) is 13.1. The Kier molecular flexibility index (Phi) is 4.73. The summed E-state index contributed by atoms with van der Waals surface area (Å²) in [6, 6.07) is 8.70. The van der Waals surface area contributed by atoms with E-state index < -0.39 is 0 Å². The molecule has 0 bridgehead atoms. The summed E-state index contributed by atoms with van der Waals surface area (Å²) in [7, 11) is 0. The van der Waals surface area contributed by atoms with Gasteiger partial charge in [-0.25, -0.2) is 4.98 Å². The molecule has 0 spiro atoms. The van der Waals surface area contributed by atoms with Crippen LogP contribution in [0.5, 0.6) is 0 Å². The van der Waals surface area contributed by atoms with Gasteiger partial charge in [0.1, 0.15) is 5.82 Å². The third-order valence-electron chi connectivity index (χ3n) is 2.91. The molecule has 0 saturated carbocycles. The zero-order valence-electron chi connectivity index (χ0n) is 10.6. The van der Waals surface area contributed by atoms with Crippen LogP contribution < -0.4 is 11.1 Å². The van der Waals surface area contributed by atoms with Crippen molar-refractivity contribution in [2.45, 2.75) is 25.8 Å². The summed E-state index contributed by atoms with van der Waals surface area (Å²) in [5.74, 6) is 0.645. The highest BCUT2D eigenvalue weighted by Gasteiger charge is 2.12. The van der Waals surface area contributed by atoms with E-state index in [1.165, 1.54) is 4.88 Å². The molecule has 96 valence electrons. The van der Waals surface area contributed by atoms with Crippen LogP contribution in [0.4, 0.5) is 5.82 Å². The van der Waals surface area contributed by atoms with Gasteiger partial charge in [0.2, 0.25) is 0 Å². The van der Waals surface area contributed by atoms with Crippen molar-refractivity contribution in [3.05, 3.63) is 46.3 Å². The minimum Gasteiger partial charge on any atom is -0.383 e. The van der Waals surface area contributed by atoms with Crippen LogP contribution in [-0.2, 0) is 12.8 Å². The monoisotopic (exact) mass is 261 g/mol. The molecule has 0 aliphatic rings. The van der Waals surface area contributed by atoms with Gasteiger partial charge in [0.25, 0.3) is 0 Å². The van der Waals surface area contributed by atoms with Gasteiger partial charge in [0.05, 0.1) is 0 Å². The fraction of sp³-hybridized carbons (Fsp3) is 0.357. The van der Waals surface area contributed by atoms with Crippen LogP contribution in [-0.4, -0.2) is 17.6 Å². The molecule has 0 fully saturated rings. The molecule has 2 aromatic heterocycles. The summed E-state index contributed by atoms with van der Waals surface area (Å²) < 4.78 is 0. The van der Waals surface area contributed by atoms with E-state index >= 15 is 0 Å². The molecule has 0 radical (unpaired) electrons. The number of likely N-dealkylation sites (N-methyl/N-ethyl adjacent to an activating group) is 1. The second-order valence-corrected chi connectivity index (χ2v) is 5.32. The average Bonchev–Trinajstić information content (AvgIpc) is 2.85. The van der Waals surface area contributed by atoms with Gasteiger partial charge in [-0.1, -0.05) is 19.1 Å². The first-order valence-electron chi connectivity index (χ1n) is 6.24. The number of hydrogen-bond acceptors (Lipinski definition) is 4. The third-order valence-corrected chi connectivity index (χ3v) is 3.81. The number of thiophene rings is 1. The van der Waals surface area contributed by atoms with Crippen molar-refractivity contribution in [1.29, 1.82) is 0 Å². The first-order chi connectivity index (χ1) is 8.79. The smallest absolute Gasteiger partial charge is 0.126 e. The molecule has 1 unspecified atom stereocenters. The molecular formula is C14H19N3S. The molecule has 18 heavy (non-hydrogen) atoms. The Morgan fingerprint density at radius 2 is 2.22 bits per heavy atom. The van der Waals surface area contributed by atoms with E-state index in [9.17, 15) is 0 Å². The molecule has 3 nitrogen and oxygen atoms in total. The molecule has 0 aromatic carbocycles. The van der Waals surface area contributed by atoms with E-state index in [0.29, 0.717) is 11.9 Å². The molecule has 3 N–H and O–H groups in total. The van der Waals surface area contributed by atoms with Crippen LogP contribution in [0.1, 0.15) is 17.4 Å². The van der Waals surface area contributed by atoms with Crippen LogP contribution in [0.15, 0.2) is 35.8 Å². The predicted molar refractivity (Wildman–Crippen MR) is 77.8 cm³/mol. The Balaban J connectivity index is 2.04. The molecule has 0 aliphatic heterocycles. The summed E-state index contributed by atoms with van der Waals surface area (Å²) in [6.45, 7) is 3.10. The summed E-state index contributed by atoms with van der Waals surface area (Å²) in [4.78, 5) is 5.55. The summed E-state index contributed by atoms with van der Waals surface area (Å²) in [5.41, 5.74) is 7.03. The average molecular weight is 261 g/mol. The Bertz CT molecular complexity index is 468. The predicted octanol–water partition coefficient (Wildman–Crippen LogP) is 2.49. The maximum atomic E-state index is 5.90. The molecule has 2 aromatic rings. The fourth-order valence-electron chi connectivity index (χ4n) is 2.07. The quantitative estimate of drug-likeness (QED) is 0.840. The summed E-state index contributed by atoms with van der Waals surface area (Å²) >= 11 is 1.80. The molecule has 2 rings (SSSR count). The van der Waals surface area contributed by atoms with Crippen molar-refractivity contribution in [1.82, 2.24) is 10.3 Å². The van der Waals surface area contributed by atoms with Gasteiger partial charge < -0.3 is 11.1 Å². The topological polar surface area (TPSA) is 50.9 Å². The number of nitrogen functional groups attached to an aromatic ring is 1. The summed E-state index contributed by atoms with van der Waals surface area (Å²) in [6.07, 6.45) is 3.70. The number of nitrogens with two attached hydrogens (primary N) is 1.